The minimum Gasteiger partial charge on any atom is -0.357 e. The van der Waals surface area contributed by atoms with Crippen molar-refractivity contribution in [3.05, 3.63) is 48.5 Å². The first kappa shape index (κ1) is 17.0. The van der Waals surface area contributed by atoms with E-state index in [2.05, 4.69) is 32.0 Å². The van der Waals surface area contributed by atoms with Gasteiger partial charge in [0.05, 0.1) is 12.9 Å². The van der Waals surface area contributed by atoms with Crippen LogP contribution in [0.15, 0.2) is 48.0 Å². The average Bonchev–Trinajstić information content (AvgIpc) is 3.12. The molecule has 1 aromatic carbocycles. The van der Waals surface area contributed by atoms with Crippen LogP contribution in [-0.2, 0) is 11.3 Å². The van der Waals surface area contributed by atoms with Gasteiger partial charge in [-0.2, -0.15) is 0 Å². The molecule has 0 bridgehead atoms. The highest BCUT2D eigenvalue weighted by Gasteiger charge is 2.24. The first-order valence-corrected chi connectivity index (χ1v) is 8.63. The summed E-state index contributed by atoms with van der Waals surface area (Å²) in [5, 5.41) is 9.50. The second-order valence-electron chi connectivity index (χ2n) is 5.98. The lowest BCUT2D eigenvalue weighted by Gasteiger charge is -2.24. The number of aromatic nitrogens is 2. The minimum atomic E-state index is 0.0527. The molecular formula is C18H24N6O. The Kier molecular flexibility index (Phi) is 5.66. The van der Waals surface area contributed by atoms with Crippen LogP contribution in [0.4, 0.5) is 5.69 Å². The van der Waals surface area contributed by atoms with Crippen LogP contribution in [0.5, 0.6) is 0 Å². The van der Waals surface area contributed by atoms with Crippen LogP contribution in [0, 0.1) is 0 Å². The van der Waals surface area contributed by atoms with Crippen molar-refractivity contribution >= 4 is 17.6 Å². The van der Waals surface area contributed by atoms with Crippen LogP contribution in [0.2, 0.25) is 0 Å². The quantitative estimate of drug-likeness (QED) is 0.550. The summed E-state index contributed by atoms with van der Waals surface area (Å²) >= 11 is 0. The predicted molar refractivity (Wildman–Crippen MR) is 98.6 cm³/mol. The molecule has 132 valence electrons. The van der Waals surface area contributed by atoms with Crippen molar-refractivity contribution in [3.63, 3.8) is 0 Å². The van der Waals surface area contributed by atoms with E-state index in [1.54, 1.807) is 12.5 Å². The number of nitrogens with one attached hydrogen (secondary N) is 3. The highest BCUT2D eigenvalue weighted by atomic mass is 16.1. The molecule has 7 nitrogen and oxygen atoms in total. The van der Waals surface area contributed by atoms with E-state index in [1.807, 2.05) is 35.9 Å². The van der Waals surface area contributed by atoms with Crippen LogP contribution in [-0.4, -0.2) is 41.1 Å². The van der Waals surface area contributed by atoms with E-state index < -0.39 is 0 Å². The Morgan fingerprint density at radius 3 is 3.08 bits per heavy atom. The second kappa shape index (κ2) is 8.32. The first-order chi connectivity index (χ1) is 12.3. The van der Waals surface area contributed by atoms with Crippen LogP contribution in [0.3, 0.4) is 0 Å². The maximum absolute atomic E-state index is 11.9. The Bertz CT molecular complexity index is 725. The highest BCUT2D eigenvalue weighted by Crippen LogP contribution is 2.31. The Labute approximate surface area is 147 Å². The van der Waals surface area contributed by atoms with E-state index in [4.69, 9.17) is 0 Å². The number of rotatable bonds is 6. The molecule has 0 saturated heterocycles. The van der Waals surface area contributed by atoms with Gasteiger partial charge < -0.3 is 20.5 Å². The van der Waals surface area contributed by atoms with Crippen LogP contribution < -0.4 is 16.0 Å². The van der Waals surface area contributed by atoms with Gasteiger partial charge in [-0.05, 0) is 18.6 Å². The topological polar surface area (TPSA) is 83.3 Å². The molecular weight excluding hydrogens is 316 g/mol. The standard InChI is InChI=1S/C18H24N6O/c1-2-20-18(21-8-10-24-9-7-19-13-24)22-12-14-11-17(25)23-16-6-4-3-5-15(14)16/h3-7,9,13-14H,2,8,10-12H2,1H3,(H,23,25)(H2,20,21,22). The predicted octanol–water partition coefficient (Wildman–Crippen LogP) is 1.56. The fourth-order valence-electron chi connectivity index (χ4n) is 2.93. The molecule has 1 aliphatic rings. The molecule has 0 saturated carbocycles. The van der Waals surface area contributed by atoms with Gasteiger partial charge in [0.1, 0.15) is 0 Å². The van der Waals surface area contributed by atoms with Crippen molar-refractivity contribution in [1.29, 1.82) is 0 Å². The Morgan fingerprint density at radius 1 is 1.40 bits per heavy atom. The molecule has 1 aliphatic heterocycles. The van der Waals surface area contributed by atoms with Gasteiger partial charge in [-0.15, -0.1) is 0 Å². The van der Waals surface area contributed by atoms with Crippen molar-refractivity contribution in [2.45, 2.75) is 25.8 Å². The number of nitrogens with zero attached hydrogens (tertiary/aromatic N) is 3. The van der Waals surface area contributed by atoms with Crippen molar-refractivity contribution in [1.82, 2.24) is 20.2 Å². The highest BCUT2D eigenvalue weighted by molar-refractivity contribution is 5.94. The van der Waals surface area contributed by atoms with Gasteiger partial charge in [0, 0.05) is 50.1 Å². The number of guanidine groups is 1. The van der Waals surface area contributed by atoms with E-state index in [0.717, 1.165) is 36.8 Å². The van der Waals surface area contributed by atoms with E-state index >= 15 is 0 Å². The summed E-state index contributed by atoms with van der Waals surface area (Å²) in [6.07, 6.45) is 5.96. The van der Waals surface area contributed by atoms with E-state index in [9.17, 15) is 4.79 Å². The fourth-order valence-corrected chi connectivity index (χ4v) is 2.93. The van der Waals surface area contributed by atoms with Crippen LogP contribution in [0.25, 0.3) is 0 Å². The summed E-state index contributed by atoms with van der Waals surface area (Å²) in [7, 11) is 0. The number of imidazole rings is 1. The third-order valence-corrected chi connectivity index (χ3v) is 4.14. The molecule has 1 atom stereocenters. The molecule has 2 aromatic rings. The largest absolute Gasteiger partial charge is 0.357 e. The number of carbonyl (C=O) groups is 1. The van der Waals surface area contributed by atoms with Gasteiger partial charge in [0.2, 0.25) is 5.91 Å². The van der Waals surface area contributed by atoms with E-state index in [0.29, 0.717) is 13.0 Å². The molecule has 25 heavy (non-hydrogen) atoms. The van der Waals surface area contributed by atoms with Gasteiger partial charge in [-0.3, -0.25) is 9.79 Å². The molecule has 0 fully saturated rings. The first-order valence-electron chi connectivity index (χ1n) is 8.63. The van der Waals surface area contributed by atoms with Gasteiger partial charge in [-0.1, -0.05) is 18.2 Å². The number of hydrogen-bond acceptors (Lipinski definition) is 3. The lowest BCUT2D eigenvalue weighted by molar-refractivity contribution is -0.116. The molecule has 1 amide bonds. The summed E-state index contributed by atoms with van der Waals surface area (Å²) in [4.78, 5) is 20.6. The molecule has 3 rings (SSSR count). The summed E-state index contributed by atoms with van der Waals surface area (Å²) in [5.74, 6) is 0.928. The number of hydrogen-bond donors (Lipinski definition) is 3. The molecule has 0 spiro atoms. The smallest absolute Gasteiger partial charge is 0.225 e. The zero-order valence-electron chi connectivity index (χ0n) is 14.4. The Hall–Kier alpha value is -2.83. The van der Waals surface area contributed by atoms with Gasteiger partial charge in [-0.25, -0.2) is 4.98 Å². The minimum absolute atomic E-state index is 0.0527. The summed E-state index contributed by atoms with van der Waals surface area (Å²) < 4.78 is 2.01. The van der Waals surface area contributed by atoms with Crippen molar-refractivity contribution < 1.29 is 4.79 Å². The zero-order valence-corrected chi connectivity index (χ0v) is 14.4. The van der Waals surface area contributed by atoms with Crippen molar-refractivity contribution in [3.8, 4) is 0 Å². The van der Waals surface area contributed by atoms with Crippen LogP contribution >= 0.6 is 0 Å². The van der Waals surface area contributed by atoms with Crippen LogP contribution in [0.1, 0.15) is 24.8 Å². The summed E-state index contributed by atoms with van der Waals surface area (Å²) in [6, 6.07) is 7.94. The number of aliphatic imine (C=N–C) groups is 1. The normalized spacial score (nSPS) is 16.9. The third kappa shape index (κ3) is 4.59. The second-order valence-corrected chi connectivity index (χ2v) is 5.98. The molecule has 1 unspecified atom stereocenters. The van der Waals surface area contributed by atoms with Gasteiger partial charge in [0.25, 0.3) is 0 Å². The molecule has 7 heteroatoms. The molecule has 2 heterocycles. The van der Waals surface area contributed by atoms with E-state index in [1.165, 1.54) is 0 Å². The lowest BCUT2D eigenvalue weighted by Crippen LogP contribution is -2.39. The Morgan fingerprint density at radius 2 is 2.28 bits per heavy atom. The molecule has 0 aliphatic carbocycles. The number of para-hydroxylation sites is 1. The number of fused-ring (bicyclic) bond motifs is 1. The maximum atomic E-state index is 11.9. The van der Waals surface area contributed by atoms with Crippen molar-refractivity contribution in [2.75, 3.05) is 25.0 Å². The number of anilines is 1. The van der Waals surface area contributed by atoms with Gasteiger partial charge >= 0.3 is 0 Å². The molecule has 1 aromatic heterocycles. The number of amides is 1. The van der Waals surface area contributed by atoms with Gasteiger partial charge in [0.15, 0.2) is 5.96 Å². The average molecular weight is 340 g/mol. The third-order valence-electron chi connectivity index (χ3n) is 4.14. The van der Waals surface area contributed by atoms with E-state index in [-0.39, 0.29) is 11.8 Å². The summed E-state index contributed by atoms with van der Waals surface area (Å²) in [6.45, 7) is 4.98. The SMILES string of the molecule is CCNC(=NCC1CC(=O)Nc2ccccc21)NCCn1ccnc1. The fraction of sp³-hybridized carbons (Fsp3) is 0.389. The number of benzene rings is 1. The lowest BCUT2D eigenvalue weighted by atomic mass is 9.91. The summed E-state index contributed by atoms with van der Waals surface area (Å²) in [5.41, 5.74) is 2.05. The van der Waals surface area contributed by atoms with Crippen molar-refractivity contribution in [2.24, 2.45) is 4.99 Å². The number of carbonyl (C=O) groups excluding carboxylic acids is 1. The Balaban J connectivity index is 1.62. The molecule has 0 radical (unpaired) electrons. The molecule has 3 N–H and O–H groups in total. The monoisotopic (exact) mass is 340 g/mol. The zero-order chi connectivity index (χ0) is 17.5. The maximum Gasteiger partial charge on any atom is 0.225 e.